The molecule has 110 valence electrons. The highest BCUT2D eigenvalue weighted by atomic mass is 32.2. The van der Waals surface area contributed by atoms with Crippen LogP contribution in [0.5, 0.6) is 0 Å². The van der Waals surface area contributed by atoms with Crippen molar-refractivity contribution in [3.05, 3.63) is 18.0 Å². The summed E-state index contributed by atoms with van der Waals surface area (Å²) in [5.74, 6) is 1.89. The van der Waals surface area contributed by atoms with Gasteiger partial charge in [-0.2, -0.15) is 4.98 Å². The minimum atomic E-state index is -0.106. The number of nitrogens with zero attached hydrogens (tertiary/aromatic N) is 5. The molecule has 7 nitrogen and oxygen atoms in total. The number of ether oxygens (including phenoxy) is 1. The van der Waals surface area contributed by atoms with Gasteiger partial charge in [0.1, 0.15) is 6.33 Å². The number of hydrogen-bond acceptors (Lipinski definition) is 7. The highest BCUT2D eigenvalue weighted by Gasteiger charge is 2.21. The van der Waals surface area contributed by atoms with Gasteiger partial charge in [-0.15, -0.1) is 10.2 Å². The zero-order chi connectivity index (χ0) is 14.6. The van der Waals surface area contributed by atoms with Crippen LogP contribution in [0.3, 0.4) is 0 Å². The van der Waals surface area contributed by atoms with Crippen molar-refractivity contribution in [2.75, 3.05) is 13.7 Å². The molecule has 0 spiro atoms. The van der Waals surface area contributed by atoms with E-state index in [-0.39, 0.29) is 5.41 Å². The molecule has 0 unspecified atom stereocenters. The third-order valence-corrected chi connectivity index (χ3v) is 3.55. The Kier molecular flexibility index (Phi) is 4.77. The summed E-state index contributed by atoms with van der Waals surface area (Å²) in [6.07, 6.45) is 1.69. The van der Waals surface area contributed by atoms with Crippen molar-refractivity contribution in [3.63, 3.8) is 0 Å². The molecular formula is C12H19N5O2S. The monoisotopic (exact) mass is 297 g/mol. The summed E-state index contributed by atoms with van der Waals surface area (Å²) in [6.45, 7) is 7.51. The van der Waals surface area contributed by atoms with Gasteiger partial charge >= 0.3 is 0 Å². The van der Waals surface area contributed by atoms with Gasteiger partial charge in [-0.3, -0.25) is 0 Å². The second-order valence-electron chi connectivity index (χ2n) is 5.35. The topological polar surface area (TPSA) is 78.9 Å². The van der Waals surface area contributed by atoms with Gasteiger partial charge in [0.2, 0.25) is 5.89 Å². The van der Waals surface area contributed by atoms with E-state index in [1.165, 1.54) is 11.8 Å². The van der Waals surface area contributed by atoms with Crippen LogP contribution in [0.2, 0.25) is 0 Å². The fraction of sp³-hybridized carbons (Fsp3) is 0.667. The third-order valence-electron chi connectivity index (χ3n) is 2.58. The van der Waals surface area contributed by atoms with Crippen LogP contribution >= 0.6 is 11.8 Å². The molecule has 2 aromatic rings. The van der Waals surface area contributed by atoms with Gasteiger partial charge in [0.05, 0.1) is 12.4 Å². The zero-order valence-corrected chi connectivity index (χ0v) is 13.0. The lowest BCUT2D eigenvalue weighted by atomic mass is 9.96. The van der Waals surface area contributed by atoms with E-state index < -0.39 is 0 Å². The van der Waals surface area contributed by atoms with Crippen LogP contribution in [0, 0.1) is 0 Å². The highest BCUT2D eigenvalue weighted by molar-refractivity contribution is 7.98. The Morgan fingerprint density at radius 1 is 1.40 bits per heavy atom. The van der Waals surface area contributed by atoms with Crippen molar-refractivity contribution in [3.8, 4) is 0 Å². The summed E-state index contributed by atoms with van der Waals surface area (Å²) in [5, 5.41) is 12.8. The van der Waals surface area contributed by atoms with Crippen molar-refractivity contribution < 1.29 is 9.26 Å². The summed E-state index contributed by atoms with van der Waals surface area (Å²) < 4.78 is 12.2. The van der Waals surface area contributed by atoms with E-state index in [1.807, 2.05) is 4.57 Å². The smallest absolute Gasteiger partial charge is 0.237 e. The van der Waals surface area contributed by atoms with E-state index in [2.05, 4.69) is 41.1 Å². The van der Waals surface area contributed by atoms with Crippen molar-refractivity contribution in [1.82, 2.24) is 24.9 Å². The van der Waals surface area contributed by atoms with E-state index in [4.69, 9.17) is 9.26 Å². The molecule has 2 heterocycles. The molecule has 2 rings (SSSR count). The summed E-state index contributed by atoms with van der Waals surface area (Å²) in [7, 11) is 1.67. The standard InChI is InChI=1S/C12H19N5O2S/c1-12(2,3)10-14-9(19-16-10)7-20-11-15-13-8-17(11)5-6-18-4/h8H,5-7H2,1-4H3. The van der Waals surface area contributed by atoms with E-state index in [9.17, 15) is 0 Å². The van der Waals surface area contributed by atoms with Gasteiger partial charge in [-0.1, -0.05) is 37.7 Å². The molecule has 0 N–H and O–H groups in total. The number of aromatic nitrogens is 5. The van der Waals surface area contributed by atoms with Crippen molar-refractivity contribution in [2.45, 2.75) is 43.6 Å². The first-order valence-electron chi connectivity index (χ1n) is 6.33. The van der Waals surface area contributed by atoms with Crippen LogP contribution in [0.15, 0.2) is 16.0 Å². The van der Waals surface area contributed by atoms with Crippen molar-refractivity contribution in [2.24, 2.45) is 0 Å². The Morgan fingerprint density at radius 2 is 2.20 bits per heavy atom. The molecule has 0 atom stereocenters. The number of thioether (sulfide) groups is 1. The molecule has 0 aliphatic carbocycles. The molecular weight excluding hydrogens is 278 g/mol. The van der Waals surface area contributed by atoms with Crippen LogP contribution in [0.4, 0.5) is 0 Å². The summed E-state index contributed by atoms with van der Waals surface area (Å²) >= 11 is 1.52. The lowest BCUT2D eigenvalue weighted by molar-refractivity contribution is 0.184. The molecule has 0 saturated carbocycles. The molecule has 0 amide bonds. The zero-order valence-electron chi connectivity index (χ0n) is 12.2. The first-order chi connectivity index (χ1) is 9.50. The number of rotatable bonds is 6. The van der Waals surface area contributed by atoms with E-state index in [0.29, 0.717) is 24.1 Å². The fourth-order valence-corrected chi connectivity index (χ4v) is 2.22. The summed E-state index contributed by atoms with van der Waals surface area (Å²) in [4.78, 5) is 4.39. The molecule has 0 bridgehead atoms. The second-order valence-corrected chi connectivity index (χ2v) is 6.29. The summed E-state index contributed by atoms with van der Waals surface area (Å²) in [6, 6.07) is 0. The van der Waals surface area contributed by atoms with E-state index in [0.717, 1.165) is 11.7 Å². The molecule has 20 heavy (non-hydrogen) atoms. The third kappa shape index (κ3) is 3.80. The maximum atomic E-state index is 5.25. The largest absolute Gasteiger partial charge is 0.383 e. The molecule has 0 aliphatic rings. The van der Waals surface area contributed by atoms with Gasteiger partial charge in [0, 0.05) is 19.1 Å². The van der Waals surface area contributed by atoms with Gasteiger partial charge in [-0.25, -0.2) is 0 Å². The van der Waals surface area contributed by atoms with Gasteiger partial charge < -0.3 is 13.8 Å². The molecule has 0 aromatic carbocycles. The van der Waals surface area contributed by atoms with Gasteiger partial charge in [-0.05, 0) is 0 Å². The predicted octanol–water partition coefficient (Wildman–Crippen LogP) is 1.90. The molecule has 0 aliphatic heterocycles. The van der Waals surface area contributed by atoms with Crippen LogP contribution in [-0.4, -0.2) is 38.6 Å². The maximum absolute atomic E-state index is 5.25. The lowest BCUT2D eigenvalue weighted by Crippen LogP contribution is -2.13. The molecule has 2 aromatic heterocycles. The van der Waals surface area contributed by atoms with Crippen molar-refractivity contribution in [1.29, 1.82) is 0 Å². The molecule has 8 heteroatoms. The quantitative estimate of drug-likeness (QED) is 0.753. The molecule has 0 saturated heterocycles. The minimum Gasteiger partial charge on any atom is -0.383 e. The molecule has 0 radical (unpaired) electrons. The Balaban J connectivity index is 1.95. The van der Waals surface area contributed by atoms with Crippen LogP contribution in [0.1, 0.15) is 32.5 Å². The average Bonchev–Trinajstić information content (AvgIpc) is 3.02. The fourth-order valence-electron chi connectivity index (χ4n) is 1.44. The Morgan fingerprint density at radius 3 is 2.85 bits per heavy atom. The Bertz CT molecular complexity index is 546. The maximum Gasteiger partial charge on any atom is 0.237 e. The number of hydrogen-bond donors (Lipinski definition) is 0. The van der Waals surface area contributed by atoms with Gasteiger partial charge in [0.25, 0.3) is 0 Å². The van der Waals surface area contributed by atoms with E-state index in [1.54, 1.807) is 13.4 Å². The SMILES string of the molecule is COCCn1cnnc1SCc1nc(C(C)(C)C)no1. The normalized spacial score (nSPS) is 12.0. The molecule has 0 fully saturated rings. The number of methoxy groups -OCH3 is 1. The predicted molar refractivity (Wildman–Crippen MR) is 74.5 cm³/mol. The summed E-state index contributed by atoms with van der Waals surface area (Å²) in [5.41, 5.74) is -0.106. The van der Waals surface area contributed by atoms with E-state index >= 15 is 0 Å². The highest BCUT2D eigenvalue weighted by Crippen LogP contribution is 2.23. The lowest BCUT2D eigenvalue weighted by Gasteiger charge is -2.10. The van der Waals surface area contributed by atoms with Crippen molar-refractivity contribution >= 4 is 11.8 Å². The average molecular weight is 297 g/mol. The minimum absolute atomic E-state index is 0.106. The Labute approximate surface area is 122 Å². The first kappa shape index (κ1) is 15.0. The van der Waals surface area contributed by atoms with Gasteiger partial charge in [0.15, 0.2) is 11.0 Å². The van der Waals surface area contributed by atoms with Crippen LogP contribution in [0.25, 0.3) is 0 Å². The Hall–Kier alpha value is -1.41. The van der Waals surface area contributed by atoms with Crippen LogP contribution in [-0.2, 0) is 22.4 Å². The first-order valence-corrected chi connectivity index (χ1v) is 7.32. The second kappa shape index (κ2) is 6.36. The van der Waals surface area contributed by atoms with Crippen LogP contribution < -0.4 is 0 Å².